The van der Waals surface area contributed by atoms with E-state index in [1.54, 1.807) is 6.20 Å². The number of nitrogens with one attached hydrogen (secondary N) is 1. The molecule has 7 heteroatoms. The number of likely N-dealkylation sites (tertiary alicyclic amines) is 1. The smallest absolute Gasteiger partial charge is 0.317 e. The number of urea groups is 1. The van der Waals surface area contributed by atoms with E-state index in [2.05, 4.69) is 50.4 Å². The number of hydrogen-bond acceptors (Lipinski definition) is 4. The van der Waals surface area contributed by atoms with E-state index in [1.165, 1.54) is 30.7 Å². The van der Waals surface area contributed by atoms with Gasteiger partial charge in [-0.05, 0) is 50.8 Å². The molecule has 0 radical (unpaired) electrons. The topological polar surface area (TPSA) is 51.7 Å². The second-order valence-electron chi connectivity index (χ2n) is 9.08. The molecule has 3 heterocycles. The Labute approximate surface area is 190 Å². The van der Waals surface area contributed by atoms with Gasteiger partial charge in [-0.3, -0.25) is 9.88 Å². The first-order chi connectivity index (χ1) is 15.6. The van der Waals surface area contributed by atoms with Gasteiger partial charge in [0, 0.05) is 44.8 Å². The summed E-state index contributed by atoms with van der Waals surface area (Å²) in [5, 5.41) is 3.13. The highest BCUT2D eigenvalue weighted by Crippen LogP contribution is 2.22. The molecule has 4 rings (SSSR count). The summed E-state index contributed by atoms with van der Waals surface area (Å²) in [5.41, 5.74) is 2.15. The fraction of sp³-hybridized carbons (Fsp3) is 0.520. The van der Waals surface area contributed by atoms with Gasteiger partial charge < -0.3 is 15.1 Å². The molecule has 0 unspecified atom stereocenters. The normalized spacial score (nSPS) is 20.4. The molecule has 6 nitrogen and oxygen atoms in total. The first kappa shape index (κ1) is 22.5. The molecule has 2 amide bonds. The summed E-state index contributed by atoms with van der Waals surface area (Å²) in [6, 6.07) is 12.2. The van der Waals surface area contributed by atoms with Gasteiger partial charge in [0.15, 0.2) is 0 Å². The van der Waals surface area contributed by atoms with Crippen LogP contribution in [0.15, 0.2) is 48.8 Å². The highest BCUT2D eigenvalue weighted by molar-refractivity contribution is 5.75. The first-order valence-electron chi connectivity index (χ1n) is 11.7. The van der Waals surface area contributed by atoms with Crippen LogP contribution in [0.1, 0.15) is 31.7 Å². The quantitative estimate of drug-likeness (QED) is 0.745. The summed E-state index contributed by atoms with van der Waals surface area (Å²) in [5.74, 6) is 0.346. The van der Waals surface area contributed by atoms with Crippen molar-refractivity contribution in [3.63, 3.8) is 0 Å². The molecular weight excluding hydrogens is 405 g/mol. The lowest BCUT2D eigenvalue weighted by Crippen LogP contribution is -2.56. The number of nitrogens with zero attached hydrogens (tertiary/aromatic N) is 4. The van der Waals surface area contributed by atoms with Gasteiger partial charge in [0.25, 0.3) is 0 Å². The van der Waals surface area contributed by atoms with Crippen molar-refractivity contribution in [2.75, 3.05) is 44.2 Å². The van der Waals surface area contributed by atoms with E-state index in [4.69, 9.17) is 0 Å². The summed E-state index contributed by atoms with van der Waals surface area (Å²) in [7, 11) is 0. The zero-order valence-corrected chi connectivity index (χ0v) is 18.9. The molecule has 0 spiro atoms. The van der Waals surface area contributed by atoms with Crippen LogP contribution in [0.2, 0.25) is 0 Å². The van der Waals surface area contributed by atoms with Crippen molar-refractivity contribution in [2.45, 2.75) is 38.8 Å². The van der Waals surface area contributed by atoms with Crippen LogP contribution >= 0.6 is 0 Å². The minimum Gasteiger partial charge on any atom is -0.366 e. The molecule has 0 bridgehead atoms. The number of piperazine rings is 1. The van der Waals surface area contributed by atoms with Gasteiger partial charge in [0.2, 0.25) is 0 Å². The largest absolute Gasteiger partial charge is 0.366 e. The van der Waals surface area contributed by atoms with Crippen molar-refractivity contribution in [2.24, 2.45) is 5.92 Å². The van der Waals surface area contributed by atoms with E-state index in [-0.39, 0.29) is 17.9 Å². The SMILES string of the molecule is C[C@@H]1CN(c2cncc(F)c2)CCN1C(=O)NCCC1CCN(Cc2ccccc2)CC1. The second kappa shape index (κ2) is 10.8. The Morgan fingerprint density at radius 2 is 1.91 bits per heavy atom. The molecule has 1 atom stereocenters. The monoisotopic (exact) mass is 439 g/mol. The van der Waals surface area contributed by atoms with Crippen LogP contribution in [0.4, 0.5) is 14.9 Å². The minimum absolute atomic E-state index is 0.0102. The van der Waals surface area contributed by atoms with Gasteiger partial charge in [0.1, 0.15) is 5.82 Å². The Kier molecular flexibility index (Phi) is 7.58. The minimum atomic E-state index is -0.332. The van der Waals surface area contributed by atoms with Crippen LogP contribution < -0.4 is 10.2 Å². The number of carbonyl (C=O) groups excluding carboxylic acids is 1. The number of piperidine rings is 1. The number of pyridine rings is 1. The number of hydrogen-bond donors (Lipinski definition) is 1. The second-order valence-corrected chi connectivity index (χ2v) is 9.08. The van der Waals surface area contributed by atoms with E-state index in [9.17, 15) is 9.18 Å². The summed E-state index contributed by atoms with van der Waals surface area (Å²) >= 11 is 0. The zero-order chi connectivity index (χ0) is 22.3. The maximum absolute atomic E-state index is 13.5. The molecule has 2 aromatic rings. The number of carbonyl (C=O) groups is 1. The van der Waals surface area contributed by atoms with Gasteiger partial charge in [-0.25, -0.2) is 9.18 Å². The number of benzene rings is 1. The Balaban J connectivity index is 1.15. The maximum Gasteiger partial charge on any atom is 0.317 e. The number of amides is 2. The first-order valence-corrected chi connectivity index (χ1v) is 11.7. The lowest BCUT2D eigenvalue weighted by atomic mass is 9.93. The van der Waals surface area contributed by atoms with E-state index in [0.717, 1.165) is 38.3 Å². The standard InChI is InChI=1S/C25H34FN5O/c1-20-18-30(24-15-23(26)16-27-17-24)13-14-31(20)25(32)28-10-7-21-8-11-29(12-9-21)19-22-5-3-2-4-6-22/h2-6,15-17,20-21H,7-14,18-19H2,1H3,(H,28,32)/t20-/m1/s1. The van der Waals surface area contributed by atoms with Crippen molar-refractivity contribution >= 4 is 11.7 Å². The predicted molar refractivity (Wildman–Crippen MR) is 125 cm³/mol. The highest BCUT2D eigenvalue weighted by Gasteiger charge is 2.28. The lowest BCUT2D eigenvalue weighted by Gasteiger charge is -2.40. The van der Waals surface area contributed by atoms with Crippen LogP contribution in [-0.2, 0) is 6.54 Å². The lowest BCUT2D eigenvalue weighted by molar-refractivity contribution is 0.162. The zero-order valence-electron chi connectivity index (χ0n) is 18.9. The van der Waals surface area contributed by atoms with Gasteiger partial charge in [-0.15, -0.1) is 0 Å². The molecular formula is C25H34FN5O. The fourth-order valence-electron chi connectivity index (χ4n) is 4.83. The molecule has 0 aliphatic carbocycles. The van der Waals surface area contributed by atoms with Gasteiger partial charge >= 0.3 is 6.03 Å². The summed E-state index contributed by atoms with van der Waals surface area (Å²) in [4.78, 5) is 23.2. The molecule has 2 aliphatic heterocycles. The third-order valence-corrected chi connectivity index (χ3v) is 6.73. The summed E-state index contributed by atoms with van der Waals surface area (Å²) in [6.45, 7) is 8.04. The maximum atomic E-state index is 13.5. The van der Waals surface area contributed by atoms with E-state index in [1.807, 2.05) is 11.8 Å². The van der Waals surface area contributed by atoms with Gasteiger partial charge in [-0.1, -0.05) is 30.3 Å². The molecule has 1 N–H and O–H groups in total. The van der Waals surface area contributed by atoms with Crippen LogP contribution in [0.25, 0.3) is 0 Å². The number of rotatable bonds is 6. The fourth-order valence-corrected chi connectivity index (χ4v) is 4.83. The Morgan fingerprint density at radius 3 is 2.62 bits per heavy atom. The Morgan fingerprint density at radius 1 is 1.12 bits per heavy atom. The van der Waals surface area contributed by atoms with Crippen molar-refractivity contribution in [1.29, 1.82) is 0 Å². The van der Waals surface area contributed by atoms with Gasteiger partial charge in [0.05, 0.1) is 18.1 Å². The van der Waals surface area contributed by atoms with Crippen LogP contribution in [0, 0.1) is 11.7 Å². The average molecular weight is 440 g/mol. The van der Waals surface area contributed by atoms with E-state index in [0.29, 0.717) is 25.6 Å². The average Bonchev–Trinajstić information content (AvgIpc) is 2.81. The molecule has 1 aromatic carbocycles. The molecule has 172 valence electrons. The summed E-state index contributed by atoms with van der Waals surface area (Å²) < 4.78 is 13.5. The number of anilines is 1. The third kappa shape index (κ3) is 5.97. The molecule has 2 fully saturated rings. The van der Waals surface area contributed by atoms with Crippen molar-refractivity contribution in [3.05, 3.63) is 60.2 Å². The molecule has 32 heavy (non-hydrogen) atoms. The van der Waals surface area contributed by atoms with Crippen LogP contribution in [0.3, 0.4) is 0 Å². The summed E-state index contributed by atoms with van der Waals surface area (Å²) in [6.07, 6.45) is 6.31. The van der Waals surface area contributed by atoms with Crippen molar-refractivity contribution < 1.29 is 9.18 Å². The van der Waals surface area contributed by atoms with Crippen molar-refractivity contribution in [3.8, 4) is 0 Å². The highest BCUT2D eigenvalue weighted by atomic mass is 19.1. The third-order valence-electron chi connectivity index (χ3n) is 6.73. The Bertz CT molecular complexity index is 872. The molecule has 2 aliphatic rings. The van der Waals surface area contributed by atoms with Crippen LogP contribution in [0.5, 0.6) is 0 Å². The molecule has 0 saturated carbocycles. The number of halogens is 1. The van der Waals surface area contributed by atoms with Crippen molar-refractivity contribution in [1.82, 2.24) is 20.1 Å². The number of aromatic nitrogens is 1. The van der Waals surface area contributed by atoms with E-state index >= 15 is 0 Å². The molecule has 2 saturated heterocycles. The van der Waals surface area contributed by atoms with Crippen LogP contribution in [-0.4, -0.2) is 66.1 Å². The predicted octanol–water partition coefficient (Wildman–Crippen LogP) is 3.74. The van der Waals surface area contributed by atoms with E-state index < -0.39 is 0 Å². The van der Waals surface area contributed by atoms with Gasteiger partial charge in [-0.2, -0.15) is 0 Å². The Hall–Kier alpha value is -2.67. The molecule has 1 aromatic heterocycles.